The van der Waals surface area contributed by atoms with Crippen molar-refractivity contribution in [3.8, 4) is 0 Å². The van der Waals surface area contributed by atoms with E-state index in [1.807, 2.05) is 17.0 Å². The van der Waals surface area contributed by atoms with Crippen LogP contribution in [0.5, 0.6) is 0 Å². The smallest absolute Gasteiger partial charge is 0.220 e. The molecule has 4 N–H and O–H groups in total. The maximum atomic E-state index is 12.6. The number of guanidine groups is 2. The molecule has 0 aromatic heterocycles. The third kappa shape index (κ3) is 3.32. The summed E-state index contributed by atoms with van der Waals surface area (Å²) < 4.78 is 25.2. The van der Waals surface area contributed by atoms with E-state index in [9.17, 15) is 8.42 Å². The van der Waals surface area contributed by atoms with Gasteiger partial charge >= 0.3 is 0 Å². The van der Waals surface area contributed by atoms with Crippen molar-refractivity contribution in [2.45, 2.75) is 55.5 Å². The Balaban J connectivity index is 1.89. The first-order chi connectivity index (χ1) is 13.3. The number of rotatable bonds is 3. The SMILES string of the molecule is CS(=O)(=O)c1ccc(N2CCCC2)cc1N1C(N)=NC(N)=NC12CCCCC2. The highest BCUT2D eigenvalue weighted by atomic mass is 32.2. The molecule has 0 amide bonds. The van der Waals surface area contributed by atoms with Crippen molar-refractivity contribution in [1.29, 1.82) is 0 Å². The minimum Gasteiger partial charge on any atom is -0.371 e. The summed E-state index contributed by atoms with van der Waals surface area (Å²) in [6, 6.07) is 5.49. The first-order valence-corrected chi connectivity index (χ1v) is 11.8. The van der Waals surface area contributed by atoms with Crippen LogP contribution >= 0.6 is 0 Å². The van der Waals surface area contributed by atoms with E-state index in [0.29, 0.717) is 5.69 Å². The molecule has 1 aliphatic carbocycles. The fourth-order valence-electron chi connectivity index (χ4n) is 4.64. The predicted octanol–water partition coefficient (Wildman–Crippen LogP) is 1.80. The summed E-state index contributed by atoms with van der Waals surface area (Å²) in [6.07, 6.45) is 8.13. The highest BCUT2D eigenvalue weighted by Crippen LogP contribution is 2.42. The van der Waals surface area contributed by atoms with Gasteiger partial charge in [0.2, 0.25) is 11.9 Å². The van der Waals surface area contributed by atoms with Gasteiger partial charge in [0.25, 0.3) is 0 Å². The maximum absolute atomic E-state index is 12.6. The Morgan fingerprint density at radius 1 is 1.04 bits per heavy atom. The van der Waals surface area contributed by atoms with Crippen LogP contribution in [0.2, 0.25) is 0 Å². The molecule has 0 bridgehead atoms. The molecule has 1 aromatic carbocycles. The van der Waals surface area contributed by atoms with Gasteiger partial charge in [-0.05, 0) is 56.7 Å². The molecule has 1 saturated carbocycles. The lowest BCUT2D eigenvalue weighted by Crippen LogP contribution is -2.58. The van der Waals surface area contributed by atoms with Crippen molar-refractivity contribution in [1.82, 2.24) is 0 Å². The summed E-state index contributed by atoms with van der Waals surface area (Å²) in [5.74, 6) is 0.366. The Morgan fingerprint density at radius 2 is 1.71 bits per heavy atom. The van der Waals surface area contributed by atoms with Gasteiger partial charge < -0.3 is 16.4 Å². The van der Waals surface area contributed by atoms with Crippen LogP contribution in [-0.4, -0.2) is 45.3 Å². The van der Waals surface area contributed by atoms with Crippen molar-refractivity contribution < 1.29 is 8.42 Å². The first kappa shape index (κ1) is 19.0. The number of hydrogen-bond acceptors (Lipinski definition) is 8. The van der Waals surface area contributed by atoms with Crippen LogP contribution in [0.25, 0.3) is 0 Å². The van der Waals surface area contributed by atoms with E-state index in [2.05, 4.69) is 14.9 Å². The lowest BCUT2D eigenvalue weighted by atomic mass is 9.87. The zero-order valence-electron chi connectivity index (χ0n) is 16.3. The van der Waals surface area contributed by atoms with E-state index in [4.69, 9.17) is 11.5 Å². The molecule has 0 radical (unpaired) electrons. The van der Waals surface area contributed by atoms with Gasteiger partial charge in [-0.25, -0.2) is 13.4 Å². The minimum atomic E-state index is -3.47. The molecule has 1 aromatic rings. The van der Waals surface area contributed by atoms with Crippen molar-refractivity contribution in [3.05, 3.63) is 18.2 Å². The molecule has 28 heavy (non-hydrogen) atoms. The first-order valence-electron chi connectivity index (χ1n) is 9.89. The Kier molecular flexibility index (Phi) is 4.73. The van der Waals surface area contributed by atoms with E-state index in [1.54, 1.807) is 6.07 Å². The van der Waals surface area contributed by atoms with E-state index in [0.717, 1.165) is 63.7 Å². The molecule has 1 spiro atoms. The van der Waals surface area contributed by atoms with Gasteiger partial charge in [0.1, 0.15) is 5.66 Å². The van der Waals surface area contributed by atoms with Crippen molar-refractivity contribution >= 4 is 33.1 Å². The molecule has 2 heterocycles. The predicted molar refractivity (Wildman–Crippen MR) is 113 cm³/mol. The van der Waals surface area contributed by atoms with Gasteiger partial charge in [-0.15, -0.1) is 0 Å². The number of anilines is 2. The van der Waals surface area contributed by atoms with Gasteiger partial charge in [-0.1, -0.05) is 6.42 Å². The van der Waals surface area contributed by atoms with Crippen LogP contribution in [-0.2, 0) is 9.84 Å². The van der Waals surface area contributed by atoms with Crippen LogP contribution in [0.3, 0.4) is 0 Å². The third-order valence-corrected chi connectivity index (χ3v) is 7.05. The highest BCUT2D eigenvalue weighted by Gasteiger charge is 2.44. The molecule has 0 unspecified atom stereocenters. The molecule has 3 aliphatic rings. The average Bonchev–Trinajstić information content (AvgIpc) is 3.15. The molecular weight excluding hydrogens is 376 g/mol. The number of hydrogen-bond donors (Lipinski definition) is 2. The van der Waals surface area contributed by atoms with Gasteiger partial charge in [0.05, 0.1) is 10.6 Å². The Labute approximate surface area is 166 Å². The second kappa shape index (κ2) is 6.95. The zero-order chi connectivity index (χ0) is 19.9. The van der Waals surface area contributed by atoms with Gasteiger partial charge in [-0.3, -0.25) is 4.90 Å². The van der Waals surface area contributed by atoms with E-state index < -0.39 is 15.5 Å². The van der Waals surface area contributed by atoms with E-state index >= 15 is 0 Å². The number of aliphatic imine (C=N–C) groups is 2. The molecule has 0 atom stereocenters. The average molecular weight is 405 g/mol. The normalized spacial score (nSPS) is 22.3. The fourth-order valence-corrected chi connectivity index (χ4v) is 5.48. The largest absolute Gasteiger partial charge is 0.371 e. The lowest BCUT2D eigenvalue weighted by molar-refractivity contribution is 0.305. The van der Waals surface area contributed by atoms with Gasteiger partial charge in [0.15, 0.2) is 9.84 Å². The quantitative estimate of drug-likeness (QED) is 0.793. The topological polar surface area (TPSA) is 117 Å². The third-order valence-electron chi connectivity index (χ3n) is 5.91. The standard InChI is InChI=1S/C19H28N6O2S/c1-28(26,27)16-8-7-14(24-11-5-6-12-24)13-15(16)25-18(21)22-17(20)23-19(25)9-3-2-4-10-19/h7-8,13H,2-6,9-12H2,1H3,(H4,20,21,22,23). The summed E-state index contributed by atoms with van der Waals surface area (Å²) in [4.78, 5) is 13.2. The molecule has 8 nitrogen and oxygen atoms in total. The Bertz CT molecular complexity index is 928. The van der Waals surface area contributed by atoms with Gasteiger partial charge in [0, 0.05) is 25.0 Å². The van der Waals surface area contributed by atoms with Crippen LogP contribution in [0, 0.1) is 0 Å². The Hall–Kier alpha value is -2.29. The summed E-state index contributed by atoms with van der Waals surface area (Å²) in [6.45, 7) is 1.94. The monoisotopic (exact) mass is 404 g/mol. The van der Waals surface area contributed by atoms with Crippen LogP contribution in [0.15, 0.2) is 33.1 Å². The summed E-state index contributed by atoms with van der Waals surface area (Å²) in [7, 11) is -3.47. The molecule has 152 valence electrons. The van der Waals surface area contributed by atoms with Crippen molar-refractivity contribution in [3.63, 3.8) is 0 Å². The summed E-state index contributed by atoms with van der Waals surface area (Å²) in [5, 5.41) is 0. The summed E-state index contributed by atoms with van der Waals surface area (Å²) >= 11 is 0. The van der Waals surface area contributed by atoms with Crippen LogP contribution < -0.4 is 21.3 Å². The van der Waals surface area contributed by atoms with Crippen molar-refractivity contribution in [2.75, 3.05) is 29.1 Å². The lowest BCUT2D eigenvalue weighted by Gasteiger charge is -2.46. The molecule has 9 heteroatoms. The van der Waals surface area contributed by atoms with E-state index in [1.165, 1.54) is 6.26 Å². The second-order valence-corrected chi connectivity index (χ2v) is 9.92. The zero-order valence-corrected chi connectivity index (χ0v) is 17.1. The second-order valence-electron chi connectivity index (χ2n) is 7.94. The van der Waals surface area contributed by atoms with E-state index in [-0.39, 0.29) is 16.8 Å². The maximum Gasteiger partial charge on any atom is 0.220 e. The fraction of sp³-hybridized carbons (Fsp3) is 0.579. The van der Waals surface area contributed by atoms with Crippen LogP contribution in [0.1, 0.15) is 44.9 Å². The highest BCUT2D eigenvalue weighted by molar-refractivity contribution is 7.90. The van der Waals surface area contributed by atoms with Gasteiger partial charge in [-0.2, -0.15) is 4.99 Å². The number of sulfone groups is 1. The molecular formula is C19H28N6O2S. The van der Waals surface area contributed by atoms with Crippen LogP contribution in [0.4, 0.5) is 11.4 Å². The number of nitrogens with two attached hydrogens (primary N) is 2. The molecule has 1 saturated heterocycles. The summed E-state index contributed by atoms with van der Waals surface area (Å²) in [5.41, 5.74) is 13.2. The minimum absolute atomic E-state index is 0.159. The molecule has 2 fully saturated rings. The van der Waals surface area contributed by atoms with Crippen molar-refractivity contribution in [2.24, 2.45) is 21.5 Å². The number of benzene rings is 1. The molecule has 2 aliphatic heterocycles. The Morgan fingerprint density at radius 3 is 2.36 bits per heavy atom. The number of nitrogens with zero attached hydrogens (tertiary/aromatic N) is 4. The molecule has 4 rings (SSSR count).